The molecule has 0 aliphatic heterocycles. The Bertz CT molecular complexity index is 587. The van der Waals surface area contributed by atoms with Crippen molar-refractivity contribution in [3.8, 4) is 0 Å². The second-order valence-electron chi connectivity index (χ2n) is 3.92. The summed E-state index contributed by atoms with van der Waals surface area (Å²) in [7, 11) is 1.62. The van der Waals surface area contributed by atoms with Crippen molar-refractivity contribution in [2.24, 2.45) is 0 Å². The maximum absolute atomic E-state index is 11.9. The molecule has 0 unspecified atom stereocenters. The smallest absolute Gasteiger partial charge is 0.334 e. The van der Waals surface area contributed by atoms with Gasteiger partial charge in [0.25, 0.3) is 0 Å². The lowest BCUT2D eigenvalue weighted by Crippen LogP contribution is -2.26. The van der Waals surface area contributed by atoms with Crippen molar-refractivity contribution in [1.29, 1.82) is 0 Å². The number of carbonyl (C=O) groups is 1. The quantitative estimate of drug-likeness (QED) is 0.479. The van der Waals surface area contributed by atoms with Gasteiger partial charge in [0.1, 0.15) is 0 Å². The summed E-state index contributed by atoms with van der Waals surface area (Å²) in [5, 5.41) is 1.31. The minimum Gasteiger partial charge on any atom is -0.334 e. The third-order valence-corrected chi connectivity index (χ3v) is 3.88. The summed E-state index contributed by atoms with van der Waals surface area (Å²) < 4.78 is 0.473. The third-order valence-electron chi connectivity index (χ3n) is 2.43. The molecule has 0 aliphatic carbocycles. The van der Waals surface area contributed by atoms with E-state index in [2.05, 4.69) is 0 Å². The van der Waals surface area contributed by atoms with Crippen LogP contribution in [-0.4, -0.2) is 22.4 Å². The standard InChI is InChI=1S/C15H13NO2S2/c1-16(15(19)20-13-10-6-3-7-11-13)18-14(17)12-8-4-2-5-9-12/h2-11H,1H3. The van der Waals surface area contributed by atoms with Crippen LogP contribution in [-0.2, 0) is 4.84 Å². The van der Waals surface area contributed by atoms with Crippen LogP contribution in [0.1, 0.15) is 10.4 Å². The molecule has 3 nitrogen and oxygen atoms in total. The highest BCUT2D eigenvalue weighted by molar-refractivity contribution is 8.22. The highest BCUT2D eigenvalue weighted by Gasteiger charge is 2.13. The number of hydrogen-bond donors (Lipinski definition) is 0. The normalized spacial score (nSPS) is 9.85. The van der Waals surface area contributed by atoms with E-state index in [1.54, 1.807) is 31.3 Å². The van der Waals surface area contributed by atoms with E-state index in [-0.39, 0.29) is 0 Å². The van der Waals surface area contributed by atoms with E-state index < -0.39 is 5.97 Å². The maximum atomic E-state index is 11.9. The van der Waals surface area contributed by atoms with Gasteiger partial charge in [-0.15, -0.1) is 0 Å². The Morgan fingerprint density at radius 2 is 1.60 bits per heavy atom. The van der Waals surface area contributed by atoms with E-state index in [1.807, 2.05) is 36.4 Å². The zero-order valence-electron chi connectivity index (χ0n) is 10.9. The van der Waals surface area contributed by atoms with Gasteiger partial charge in [0.15, 0.2) is 4.32 Å². The summed E-state index contributed by atoms with van der Waals surface area (Å²) in [6, 6.07) is 18.5. The lowest BCUT2D eigenvalue weighted by molar-refractivity contribution is -0.0358. The van der Waals surface area contributed by atoms with Crippen molar-refractivity contribution in [2.75, 3.05) is 7.05 Å². The molecule has 0 radical (unpaired) electrons. The summed E-state index contributed by atoms with van der Waals surface area (Å²) in [6.07, 6.45) is 0. The molecule has 0 spiro atoms. The number of hydroxylamine groups is 2. The van der Waals surface area contributed by atoms with Gasteiger partial charge in [0, 0.05) is 11.9 Å². The van der Waals surface area contributed by atoms with Crippen LogP contribution < -0.4 is 0 Å². The van der Waals surface area contributed by atoms with Crippen LogP contribution in [0.3, 0.4) is 0 Å². The van der Waals surface area contributed by atoms with Crippen LogP contribution in [0.15, 0.2) is 65.6 Å². The molecule has 2 aromatic carbocycles. The Labute approximate surface area is 127 Å². The van der Waals surface area contributed by atoms with Crippen molar-refractivity contribution in [3.63, 3.8) is 0 Å². The van der Waals surface area contributed by atoms with Crippen molar-refractivity contribution < 1.29 is 9.63 Å². The van der Waals surface area contributed by atoms with E-state index in [0.29, 0.717) is 9.88 Å². The number of hydrogen-bond acceptors (Lipinski definition) is 4. The van der Waals surface area contributed by atoms with Crippen molar-refractivity contribution in [3.05, 3.63) is 66.2 Å². The molecular formula is C15H13NO2S2. The number of benzene rings is 2. The molecule has 5 heteroatoms. The number of thioether (sulfide) groups is 1. The van der Waals surface area contributed by atoms with Crippen LogP contribution in [0.5, 0.6) is 0 Å². The van der Waals surface area contributed by atoms with Crippen molar-refractivity contribution in [2.45, 2.75) is 4.90 Å². The van der Waals surface area contributed by atoms with Gasteiger partial charge in [-0.25, -0.2) is 4.79 Å². The van der Waals surface area contributed by atoms with Gasteiger partial charge in [0.05, 0.1) is 5.56 Å². The minimum atomic E-state index is -0.427. The van der Waals surface area contributed by atoms with E-state index in [0.717, 1.165) is 4.90 Å². The van der Waals surface area contributed by atoms with Crippen LogP contribution in [0.2, 0.25) is 0 Å². The lowest BCUT2D eigenvalue weighted by Gasteiger charge is -2.18. The predicted molar refractivity (Wildman–Crippen MR) is 84.5 cm³/mol. The molecule has 20 heavy (non-hydrogen) atoms. The first-order valence-electron chi connectivity index (χ1n) is 5.95. The summed E-state index contributed by atoms with van der Waals surface area (Å²) in [5.41, 5.74) is 0.492. The molecule has 0 saturated carbocycles. The third kappa shape index (κ3) is 4.08. The molecule has 0 bridgehead atoms. The molecule has 0 aliphatic rings. The summed E-state index contributed by atoms with van der Waals surface area (Å²) in [5.74, 6) is -0.427. The first-order valence-corrected chi connectivity index (χ1v) is 7.17. The van der Waals surface area contributed by atoms with Gasteiger partial charge in [-0.3, -0.25) is 0 Å². The van der Waals surface area contributed by atoms with Crippen LogP contribution in [0, 0.1) is 0 Å². The first-order chi connectivity index (χ1) is 9.66. The Kier molecular flexibility index (Phi) is 5.15. The molecule has 0 saturated heterocycles. The van der Waals surface area contributed by atoms with E-state index >= 15 is 0 Å². The van der Waals surface area contributed by atoms with E-state index in [9.17, 15) is 4.79 Å². The average Bonchev–Trinajstić information content (AvgIpc) is 2.49. The Morgan fingerprint density at radius 1 is 1.05 bits per heavy atom. The van der Waals surface area contributed by atoms with Crippen molar-refractivity contribution in [1.82, 2.24) is 5.06 Å². The predicted octanol–water partition coefficient (Wildman–Crippen LogP) is 3.77. The molecule has 2 aromatic rings. The van der Waals surface area contributed by atoms with Crippen LogP contribution in [0.25, 0.3) is 0 Å². The highest BCUT2D eigenvalue weighted by atomic mass is 32.2. The molecule has 102 valence electrons. The Balaban J connectivity index is 1.93. The maximum Gasteiger partial charge on any atom is 0.363 e. The van der Waals surface area contributed by atoms with E-state index in [1.165, 1.54) is 16.8 Å². The monoisotopic (exact) mass is 303 g/mol. The lowest BCUT2D eigenvalue weighted by atomic mass is 10.2. The molecule has 0 N–H and O–H groups in total. The number of carbonyl (C=O) groups excluding carboxylic acids is 1. The summed E-state index contributed by atoms with van der Waals surface area (Å²) in [6.45, 7) is 0. The second kappa shape index (κ2) is 7.07. The fourth-order valence-corrected chi connectivity index (χ4v) is 2.43. The largest absolute Gasteiger partial charge is 0.363 e. The van der Waals surface area contributed by atoms with Gasteiger partial charge >= 0.3 is 5.97 Å². The SMILES string of the molecule is CN(OC(=O)c1ccccc1)C(=S)Sc1ccccc1. The van der Waals surface area contributed by atoms with Gasteiger partial charge in [-0.05, 0) is 36.5 Å². The number of nitrogens with zero attached hydrogens (tertiary/aromatic N) is 1. The zero-order chi connectivity index (χ0) is 14.4. The fraction of sp³-hybridized carbons (Fsp3) is 0.0667. The van der Waals surface area contributed by atoms with Crippen molar-refractivity contribution >= 4 is 34.3 Å². The minimum absolute atomic E-state index is 0.427. The highest BCUT2D eigenvalue weighted by Crippen LogP contribution is 2.21. The molecule has 0 heterocycles. The summed E-state index contributed by atoms with van der Waals surface area (Å²) >= 11 is 6.61. The second-order valence-corrected chi connectivity index (χ2v) is 5.63. The van der Waals surface area contributed by atoms with E-state index in [4.69, 9.17) is 17.1 Å². The van der Waals surface area contributed by atoms with Gasteiger partial charge in [0.2, 0.25) is 0 Å². The van der Waals surface area contributed by atoms with Crippen LogP contribution >= 0.6 is 24.0 Å². The molecule has 0 amide bonds. The number of rotatable bonds is 2. The van der Waals surface area contributed by atoms with Gasteiger partial charge in [-0.1, -0.05) is 48.2 Å². The molecular weight excluding hydrogens is 290 g/mol. The zero-order valence-corrected chi connectivity index (χ0v) is 12.5. The molecule has 2 rings (SSSR count). The van der Waals surface area contributed by atoms with Crippen LogP contribution in [0.4, 0.5) is 0 Å². The molecule has 0 fully saturated rings. The Hall–Kier alpha value is -1.85. The molecule has 0 atom stereocenters. The summed E-state index contributed by atoms with van der Waals surface area (Å²) in [4.78, 5) is 18.1. The fourth-order valence-electron chi connectivity index (χ4n) is 1.44. The molecule has 0 aromatic heterocycles. The topological polar surface area (TPSA) is 29.5 Å². The average molecular weight is 303 g/mol. The van der Waals surface area contributed by atoms with Gasteiger partial charge in [-0.2, -0.15) is 5.06 Å². The number of thiocarbonyl (C=S) groups is 1. The van der Waals surface area contributed by atoms with Gasteiger partial charge < -0.3 is 4.84 Å². The first kappa shape index (κ1) is 14.6. The Morgan fingerprint density at radius 3 is 2.20 bits per heavy atom.